The lowest BCUT2D eigenvalue weighted by Gasteiger charge is -2.33. The van der Waals surface area contributed by atoms with Gasteiger partial charge in [-0.25, -0.2) is 0 Å². The SMILES string of the molecule is c1ccc(N(c2ccc(-c3ccc4sc5ccccc5c4c3)cc2)c2cc(N(c3ccccc3)c3ccc(-c4ccc5sc6ccccc6c5c4)cc3)cc(N(c3ccccc3)c3ccc4oc5ccccc5c4c3)c2)cc1. The number of para-hydroxylation sites is 4. The van der Waals surface area contributed by atoms with Crippen molar-refractivity contribution >= 4 is 136 Å². The van der Waals surface area contributed by atoms with Crippen molar-refractivity contribution in [3.8, 4) is 22.3 Å². The summed E-state index contributed by atoms with van der Waals surface area (Å²) in [7, 11) is 0. The Labute approximate surface area is 459 Å². The van der Waals surface area contributed by atoms with E-state index in [4.69, 9.17) is 4.42 Å². The summed E-state index contributed by atoms with van der Waals surface area (Å²) in [6.07, 6.45) is 0. The molecule has 6 heteroatoms. The second-order valence-corrected chi connectivity index (χ2v) is 21.9. The van der Waals surface area contributed by atoms with Gasteiger partial charge in [0.05, 0.1) is 17.1 Å². The standard InChI is InChI=1S/C72H47N3OS2/c1-4-16-52(17-5-1)73(55-34-28-48(29-35-55)50-32-40-71-65(42-50)62-23-11-14-26-69(62)77-71)58-44-59(46-60(45-58)75(54-20-8-3-9-21-54)57-38-39-68-64(47-57)61-22-10-13-25-67(61)76-68)74(53-18-6-2-7-19-53)56-36-30-49(31-37-56)51-33-41-72-66(43-51)63-24-12-15-27-70(63)78-72/h1-47H. The molecule has 0 saturated carbocycles. The highest BCUT2D eigenvalue weighted by Crippen LogP contribution is 2.48. The Bertz CT molecular complexity index is 4460. The minimum atomic E-state index is 0.854. The Morgan fingerprint density at radius 3 is 1.03 bits per heavy atom. The zero-order chi connectivity index (χ0) is 51.5. The number of benzene rings is 12. The Balaban J connectivity index is 0.919. The van der Waals surface area contributed by atoms with Crippen LogP contribution in [-0.2, 0) is 0 Å². The number of fused-ring (bicyclic) bond motifs is 9. The molecule has 15 rings (SSSR count). The highest BCUT2D eigenvalue weighted by Gasteiger charge is 2.24. The van der Waals surface area contributed by atoms with E-state index >= 15 is 0 Å². The molecule has 0 aliphatic carbocycles. The van der Waals surface area contributed by atoms with Crippen LogP contribution in [-0.4, -0.2) is 0 Å². The van der Waals surface area contributed by atoms with Crippen molar-refractivity contribution in [1.29, 1.82) is 0 Å². The van der Waals surface area contributed by atoms with Crippen LogP contribution in [0, 0.1) is 0 Å². The molecule has 0 aliphatic rings. The Morgan fingerprint density at radius 1 is 0.205 bits per heavy atom. The van der Waals surface area contributed by atoms with Gasteiger partial charge in [-0.2, -0.15) is 0 Å². The highest BCUT2D eigenvalue weighted by atomic mass is 32.1. The summed E-state index contributed by atoms with van der Waals surface area (Å²) in [5, 5.41) is 7.34. The van der Waals surface area contributed by atoms with Crippen LogP contribution in [0.5, 0.6) is 0 Å². The largest absolute Gasteiger partial charge is 0.456 e. The van der Waals surface area contributed by atoms with E-state index in [1.165, 1.54) is 51.5 Å². The van der Waals surface area contributed by atoms with Crippen molar-refractivity contribution in [2.75, 3.05) is 14.7 Å². The maximum Gasteiger partial charge on any atom is 0.135 e. The van der Waals surface area contributed by atoms with Gasteiger partial charge in [-0.05, 0) is 162 Å². The molecule has 0 spiro atoms. The van der Waals surface area contributed by atoms with Crippen molar-refractivity contribution in [2.45, 2.75) is 0 Å². The lowest BCUT2D eigenvalue weighted by molar-refractivity contribution is 0.669. The molecule has 0 aliphatic heterocycles. The number of nitrogens with zero attached hydrogens (tertiary/aromatic N) is 3. The number of rotatable bonds is 11. The molecule has 0 saturated heterocycles. The van der Waals surface area contributed by atoms with Crippen LogP contribution in [0.3, 0.4) is 0 Å². The van der Waals surface area contributed by atoms with Gasteiger partial charge in [0.25, 0.3) is 0 Å². The molecular formula is C72H47N3OS2. The van der Waals surface area contributed by atoms with E-state index in [1.54, 1.807) is 0 Å². The van der Waals surface area contributed by atoms with Crippen molar-refractivity contribution in [2.24, 2.45) is 0 Å². The first-order valence-corrected chi connectivity index (χ1v) is 27.9. The molecule has 78 heavy (non-hydrogen) atoms. The zero-order valence-electron chi connectivity index (χ0n) is 42.2. The van der Waals surface area contributed by atoms with Crippen molar-refractivity contribution in [3.63, 3.8) is 0 Å². The molecule has 0 bridgehead atoms. The molecule has 12 aromatic carbocycles. The molecule has 0 unspecified atom stereocenters. The summed E-state index contributed by atoms with van der Waals surface area (Å²) in [4.78, 5) is 7.15. The van der Waals surface area contributed by atoms with Gasteiger partial charge in [-0.15, -0.1) is 22.7 Å². The van der Waals surface area contributed by atoms with Gasteiger partial charge in [0.1, 0.15) is 11.2 Å². The minimum absolute atomic E-state index is 0.854. The van der Waals surface area contributed by atoms with Gasteiger partial charge >= 0.3 is 0 Å². The fraction of sp³-hybridized carbons (Fsp3) is 0. The predicted octanol–water partition coefficient (Wildman–Crippen LogP) is 22.1. The third-order valence-corrected chi connectivity index (χ3v) is 17.3. The lowest BCUT2D eigenvalue weighted by atomic mass is 10.0. The normalized spacial score (nSPS) is 11.6. The smallest absolute Gasteiger partial charge is 0.135 e. The number of hydrogen-bond donors (Lipinski definition) is 0. The van der Waals surface area contributed by atoms with Gasteiger partial charge < -0.3 is 19.1 Å². The van der Waals surface area contributed by atoms with Crippen LogP contribution in [0.1, 0.15) is 0 Å². The van der Waals surface area contributed by atoms with Gasteiger partial charge in [-0.3, -0.25) is 0 Å². The second-order valence-electron chi connectivity index (χ2n) is 19.7. The lowest BCUT2D eigenvalue weighted by Crippen LogP contribution is -2.16. The van der Waals surface area contributed by atoms with Crippen LogP contribution < -0.4 is 14.7 Å². The molecule has 3 heterocycles. The maximum absolute atomic E-state index is 6.40. The van der Waals surface area contributed by atoms with Gasteiger partial charge in [0.15, 0.2) is 0 Å². The Kier molecular flexibility index (Phi) is 11.2. The topological polar surface area (TPSA) is 22.9 Å². The molecule has 0 radical (unpaired) electrons. The molecule has 4 nitrogen and oxygen atoms in total. The molecule has 0 N–H and O–H groups in total. The Morgan fingerprint density at radius 2 is 0.551 bits per heavy atom. The van der Waals surface area contributed by atoms with Crippen molar-refractivity contribution < 1.29 is 4.42 Å². The van der Waals surface area contributed by atoms with Crippen LogP contribution >= 0.6 is 22.7 Å². The number of thiophene rings is 2. The number of anilines is 9. The van der Waals surface area contributed by atoms with Crippen LogP contribution in [0.25, 0.3) is 84.5 Å². The number of hydrogen-bond acceptors (Lipinski definition) is 6. The number of furan rings is 1. The zero-order valence-corrected chi connectivity index (χ0v) is 43.8. The first-order valence-electron chi connectivity index (χ1n) is 26.3. The van der Waals surface area contributed by atoms with E-state index in [0.29, 0.717) is 0 Å². The molecule has 3 aromatic heterocycles. The molecule has 0 amide bonds. The van der Waals surface area contributed by atoms with E-state index in [9.17, 15) is 0 Å². The first kappa shape index (κ1) is 45.7. The molecule has 0 atom stereocenters. The average Bonchev–Trinajstić information content (AvgIpc) is 4.32. The molecule has 0 fully saturated rings. The highest BCUT2D eigenvalue weighted by molar-refractivity contribution is 7.26. The summed E-state index contributed by atoms with van der Waals surface area (Å²) in [6, 6.07) is 103. The summed E-state index contributed by atoms with van der Waals surface area (Å²) in [5.41, 5.74) is 15.6. The summed E-state index contributed by atoms with van der Waals surface area (Å²) < 4.78 is 11.6. The molecule has 15 aromatic rings. The average molecular weight is 1030 g/mol. The van der Waals surface area contributed by atoms with Crippen molar-refractivity contribution in [3.05, 3.63) is 285 Å². The third kappa shape index (κ3) is 8.14. The van der Waals surface area contributed by atoms with Crippen LogP contribution in [0.15, 0.2) is 290 Å². The first-order chi connectivity index (χ1) is 38.6. The van der Waals surface area contributed by atoms with E-state index in [-0.39, 0.29) is 0 Å². The minimum Gasteiger partial charge on any atom is -0.456 e. The fourth-order valence-corrected chi connectivity index (χ4v) is 13.5. The Hall–Kier alpha value is -9.72. The molecular weight excluding hydrogens is 987 g/mol. The predicted molar refractivity (Wildman–Crippen MR) is 334 cm³/mol. The summed E-state index contributed by atoms with van der Waals surface area (Å²) >= 11 is 3.70. The van der Waals surface area contributed by atoms with Gasteiger partial charge in [-0.1, -0.05) is 146 Å². The van der Waals surface area contributed by atoms with E-state index in [0.717, 1.165) is 84.3 Å². The quantitative estimate of drug-likeness (QED) is 0.129. The summed E-state index contributed by atoms with van der Waals surface area (Å²) in [5.74, 6) is 0. The van der Waals surface area contributed by atoms with E-state index < -0.39 is 0 Å². The fourth-order valence-electron chi connectivity index (χ4n) is 11.3. The maximum atomic E-state index is 6.40. The summed E-state index contributed by atoms with van der Waals surface area (Å²) in [6.45, 7) is 0. The third-order valence-electron chi connectivity index (χ3n) is 15.0. The van der Waals surface area contributed by atoms with E-state index in [1.807, 2.05) is 34.8 Å². The van der Waals surface area contributed by atoms with Gasteiger partial charge in [0.2, 0.25) is 0 Å². The molecule has 368 valence electrons. The van der Waals surface area contributed by atoms with Crippen molar-refractivity contribution in [1.82, 2.24) is 0 Å². The van der Waals surface area contributed by atoms with E-state index in [2.05, 4.69) is 288 Å². The monoisotopic (exact) mass is 1030 g/mol. The van der Waals surface area contributed by atoms with Gasteiger partial charge in [0, 0.05) is 85.2 Å². The van der Waals surface area contributed by atoms with Crippen LogP contribution in [0.2, 0.25) is 0 Å². The van der Waals surface area contributed by atoms with Crippen LogP contribution in [0.4, 0.5) is 51.2 Å². The second kappa shape index (κ2) is 19.1.